The van der Waals surface area contributed by atoms with Crippen LogP contribution in [0.1, 0.15) is 24.8 Å². The number of sulfone groups is 1. The molecular formula is C14H20BrNO3S. The van der Waals surface area contributed by atoms with Gasteiger partial charge in [-0.3, -0.25) is 0 Å². The van der Waals surface area contributed by atoms with Crippen molar-refractivity contribution in [2.24, 2.45) is 5.73 Å². The van der Waals surface area contributed by atoms with Gasteiger partial charge >= 0.3 is 0 Å². The summed E-state index contributed by atoms with van der Waals surface area (Å²) in [6.07, 6.45) is 2.90. The fourth-order valence-corrected chi connectivity index (χ4v) is 5.15. The Bertz CT molecular complexity index is 574. The molecule has 0 radical (unpaired) electrons. The molecule has 6 heteroatoms. The summed E-state index contributed by atoms with van der Waals surface area (Å²) in [5.74, 6) is 1.02. The molecule has 1 aliphatic heterocycles. The van der Waals surface area contributed by atoms with E-state index in [0.29, 0.717) is 12.8 Å². The highest BCUT2D eigenvalue weighted by atomic mass is 79.9. The van der Waals surface area contributed by atoms with E-state index in [0.717, 1.165) is 28.6 Å². The molecule has 2 unspecified atom stereocenters. The zero-order chi connectivity index (χ0) is 14.8. The molecule has 0 amide bonds. The molecule has 2 atom stereocenters. The van der Waals surface area contributed by atoms with Gasteiger partial charge in [-0.2, -0.15) is 0 Å². The Balaban J connectivity index is 2.17. The van der Waals surface area contributed by atoms with E-state index in [1.54, 1.807) is 7.11 Å². The van der Waals surface area contributed by atoms with Gasteiger partial charge in [-0.15, -0.1) is 0 Å². The van der Waals surface area contributed by atoms with Crippen LogP contribution in [0, 0.1) is 0 Å². The molecular weight excluding hydrogens is 342 g/mol. The highest BCUT2D eigenvalue weighted by Gasteiger charge is 2.33. The van der Waals surface area contributed by atoms with Gasteiger partial charge in [0, 0.05) is 10.5 Å². The predicted octanol–water partition coefficient (Wildman–Crippen LogP) is 2.29. The number of ether oxygens (including phenoxy) is 1. The Hall–Kier alpha value is -0.590. The number of methoxy groups -OCH3 is 1. The van der Waals surface area contributed by atoms with Crippen LogP contribution in [0.3, 0.4) is 0 Å². The van der Waals surface area contributed by atoms with Crippen molar-refractivity contribution in [2.45, 2.75) is 37.0 Å². The van der Waals surface area contributed by atoms with E-state index in [1.807, 2.05) is 18.2 Å². The summed E-state index contributed by atoms with van der Waals surface area (Å²) in [4.78, 5) is 0. The lowest BCUT2D eigenvalue weighted by molar-refractivity contribution is 0.413. The molecule has 0 spiro atoms. The summed E-state index contributed by atoms with van der Waals surface area (Å²) in [6.45, 7) is 0. The quantitative estimate of drug-likeness (QED) is 0.892. The Kier molecular flexibility index (Phi) is 5.09. The van der Waals surface area contributed by atoms with Crippen molar-refractivity contribution in [3.63, 3.8) is 0 Å². The van der Waals surface area contributed by atoms with E-state index in [2.05, 4.69) is 15.9 Å². The lowest BCUT2D eigenvalue weighted by Gasteiger charge is -2.27. The normalized spacial score (nSPS) is 23.2. The van der Waals surface area contributed by atoms with Crippen molar-refractivity contribution in [2.75, 3.05) is 12.9 Å². The minimum Gasteiger partial charge on any atom is -0.497 e. The Morgan fingerprint density at radius 3 is 2.85 bits per heavy atom. The Morgan fingerprint density at radius 1 is 1.45 bits per heavy atom. The average Bonchev–Trinajstić information content (AvgIpc) is 2.40. The number of hydrogen-bond acceptors (Lipinski definition) is 4. The van der Waals surface area contributed by atoms with Crippen LogP contribution in [0.4, 0.5) is 0 Å². The smallest absolute Gasteiger partial charge is 0.154 e. The fraction of sp³-hybridized carbons (Fsp3) is 0.571. The number of benzene rings is 1. The van der Waals surface area contributed by atoms with Crippen molar-refractivity contribution in [1.29, 1.82) is 0 Å². The fourth-order valence-electron chi connectivity index (χ4n) is 2.68. The van der Waals surface area contributed by atoms with Crippen LogP contribution in [-0.4, -0.2) is 32.6 Å². The van der Waals surface area contributed by atoms with Crippen LogP contribution < -0.4 is 10.5 Å². The molecule has 1 aliphatic rings. The van der Waals surface area contributed by atoms with Crippen LogP contribution in [0.25, 0.3) is 0 Å². The van der Waals surface area contributed by atoms with E-state index >= 15 is 0 Å². The second kappa shape index (κ2) is 6.45. The van der Waals surface area contributed by atoms with Gasteiger partial charge in [0.05, 0.1) is 18.1 Å². The van der Waals surface area contributed by atoms with Gasteiger partial charge < -0.3 is 10.5 Å². The SMILES string of the molecule is COc1ccc(Br)c(CC(N)C2CCCCS2(=O)=O)c1. The predicted molar refractivity (Wildman–Crippen MR) is 83.8 cm³/mol. The molecule has 1 aromatic carbocycles. The van der Waals surface area contributed by atoms with Gasteiger partial charge in [0.25, 0.3) is 0 Å². The maximum Gasteiger partial charge on any atom is 0.154 e. The third kappa shape index (κ3) is 3.54. The molecule has 1 aromatic rings. The van der Waals surface area contributed by atoms with Crippen LogP contribution in [0.2, 0.25) is 0 Å². The van der Waals surface area contributed by atoms with Crippen molar-refractivity contribution in [3.05, 3.63) is 28.2 Å². The molecule has 2 rings (SSSR count). The minimum absolute atomic E-state index is 0.268. The molecule has 20 heavy (non-hydrogen) atoms. The first kappa shape index (κ1) is 15.8. The second-order valence-electron chi connectivity index (χ2n) is 5.23. The highest BCUT2D eigenvalue weighted by molar-refractivity contribution is 9.10. The first-order valence-electron chi connectivity index (χ1n) is 6.73. The summed E-state index contributed by atoms with van der Waals surface area (Å²) in [7, 11) is -1.43. The average molecular weight is 362 g/mol. The highest BCUT2D eigenvalue weighted by Crippen LogP contribution is 2.27. The Morgan fingerprint density at radius 2 is 2.20 bits per heavy atom. The zero-order valence-electron chi connectivity index (χ0n) is 11.5. The topological polar surface area (TPSA) is 69.4 Å². The van der Waals surface area contributed by atoms with E-state index in [9.17, 15) is 8.42 Å². The lowest BCUT2D eigenvalue weighted by Crippen LogP contribution is -2.44. The number of hydrogen-bond donors (Lipinski definition) is 1. The van der Waals surface area contributed by atoms with E-state index < -0.39 is 15.1 Å². The zero-order valence-corrected chi connectivity index (χ0v) is 13.9. The summed E-state index contributed by atoms with van der Waals surface area (Å²) in [6, 6.07) is 5.29. The van der Waals surface area contributed by atoms with Gasteiger partial charge in [-0.1, -0.05) is 22.4 Å². The molecule has 0 aromatic heterocycles. The summed E-state index contributed by atoms with van der Waals surface area (Å²) in [5, 5.41) is -0.422. The van der Waals surface area contributed by atoms with Crippen LogP contribution in [0.15, 0.2) is 22.7 Å². The van der Waals surface area contributed by atoms with E-state index in [-0.39, 0.29) is 11.8 Å². The molecule has 1 heterocycles. The molecule has 0 aliphatic carbocycles. The van der Waals surface area contributed by atoms with Gasteiger partial charge in [0.2, 0.25) is 0 Å². The van der Waals surface area contributed by atoms with Crippen LogP contribution in [-0.2, 0) is 16.3 Å². The van der Waals surface area contributed by atoms with Crippen molar-refractivity contribution in [3.8, 4) is 5.75 Å². The molecule has 4 nitrogen and oxygen atoms in total. The molecule has 1 saturated heterocycles. The standard InChI is InChI=1S/C14H20BrNO3S/c1-19-11-5-6-12(15)10(8-11)9-13(16)14-4-2-3-7-20(14,17)18/h5-6,8,13-14H,2-4,7,9,16H2,1H3. The largest absolute Gasteiger partial charge is 0.497 e. The van der Waals surface area contributed by atoms with Gasteiger partial charge in [-0.05, 0) is 43.0 Å². The van der Waals surface area contributed by atoms with Gasteiger partial charge in [0.15, 0.2) is 9.84 Å². The summed E-state index contributed by atoms with van der Waals surface area (Å²) < 4.78 is 30.3. The number of halogens is 1. The first-order valence-corrected chi connectivity index (χ1v) is 9.24. The first-order chi connectivity index (χ1) is 9.44. The maximum absolute atomic E-state index is 12.1. The summed E-state index contributed by atoms with van der Waals surface area (Å²) in [5.41, 5.74) is 7.16. The second-order valence-corrected chi connectivity index (χ2v) is 8.42. The van der Waals surface area contributed by atoms with E-state index in [4.69, 9.17) is 10.5 Å². The third-order valence-corrected chi connectivity index (χ3v) is 6.95. The van der Waals surface area contributed by atoms with Gasteiger partial charge in [-0.25, -0.2) is 8.42 Å². The minimum atomic E-state index is -3.04. The summed E-state index contributed by atoms with van der Waals surface area (Å²) >= 11 is 3.48. The lowest BCUT2D eigenvalue weighted by atomic mass is 10.00. The molecule has 0 saturated carbocycles. The van der Waals surface area contributed by atoms with E-state index in [1.165, 1.54) is 0 Å². The van der Waals surface area contributed by atoms with Crippen molar-refractivity contribution < 1.29 is 13.2 Å². The number of nitrogens with two attached hydrogens (primary N) is 1. The monoisotopic (exact) mass is 361 g/mol. The third-order valence-electron chi connectivity index (χ3n) is 3.81. The maximum atomic E-state index is 12.1. The molecule has 1 fully saturated rings. The van der Waals surface area contributed by atoms with Gasteiger partial charge in [0.1, 0.15) is 5.75 Å². The van der Waals surface area contributed by atoms with Crippen LogP contribution >= 0.6 is 15.9 Å². The van der Waals surface area contributed by atoms with Crippen molar-refractivity contribution >= 4 is 25.8 Å². The number of rotatable bonds is 4. The molecule has 112 valence electrons. The molecule has 0 bridgehead atoms. The Labute approximate surface area is 128 Å². The molecule has 2 N–H and O–H groups in total. The van der Waals surface area contributed by atoms with Crippen molar-refractivity contribution in [1.82, 2.24) is 0 Å². The van der Waals surface area contributed by atoms with Crippen LogP contribution in [0.5, 0.6) is 5.75 Å².